The van der Waals surface area contributed by atoms with Crippen LogP contribution in [0.25, 0.3) is 11.3 Å². The van der Waals surface area contributed by atoms with Crippen molar-refractivity contribution in [3.8, 4) is 11.5 Å². The Bertz CT molecular complexity index is 1240. The Hall–Kier alpha value is -4.33. The number of amides is 2. The molecular weight excluding hydrogens is 422 g/mol. The molecule has 3 N–H and O–H groups in total. The van der Waals surface area contributed by atoms with E-state index in [1.54, 1.807) is 6.92 Å². The van der Waals surface area contributed by atoms with Gasteiger partial charge in [-0.3, -0.25) is 10.1 Å². The predicted molar refractivity (Wildman–Crippen MR) is 125 cm³/mol. The van der Waals surface area contributed by atoms with E-state index in [0.717, 1.165) is 22.3 Å². The van der Waals surface area contributed by atoms with Crippen LogP contribution in [-0.2, 0) is 0 Å². The van der Waals surface area contributed by atoms with Gasteiger partial charge in [0, 0.05) is 11.6 Å². The zero-order chi connectivity index (χ0) is 23.5. The first-order valence-corrected chi connectivity index (χ1v) is 10.5. The van der Waals surface area contributed by atoms with E-state index in [9.17, 15) is 20.0 Å². The van der Waals surface area contributed by atoms with Crippen LogP contribution in [0, 0.1) is 17.0 Å². The van der Waals surface area contributed by atoms with E-state index in [1.807, 2.05) is 61.5 Å². The van der Waals surface area contributed by atoms with Gasteiger partial charge in [-0.2, -0.15) is 0 Å². The monoisotopic (exact) mass is 445 g/mol. The quantitative estimate of drug-likeness (QED) is 0.368. The van der Waals surface area contributed by atoms with Gasteiger partial charge in [0.05, 0.1) is 23.3 Å². The zero-order valence-electron chi connectivity index (χ0n) is 18.2. The van der Waals surface area contributed by atoms with E-state index in [0.29, 0.717) is 11.3 Å². The maximum atomic E-state index is 12.7. The van der Waals surface area contributed by atoms with Crippen LogP contribution in [0.3, 0.4) is 0 Å². The van der Waals surface area contributed by atoms with Crippen molar-refractivity contribution >= 4 is 23.0 Å². The van der Waals surface area contributed by atoms with E-state index in [1.165, 1.54) is 12.1 Å². The van der Waals surface area contributed by atoms with Crippen LogP contribution in [0.15, 0.2) is 66.7 Å². The van der Waals surface area contributed by atoms with E-state index in [-0.39, 0.29) is 12.4 Å². The van der Waals surface area contributed by atoms with Crippen LogP contribution in [0.5, 0.6) is 11.5 Å². The van der Waals surface area contributed by atoms with Crippen LogP contribution >= 0.6 is 0 Å². The lowest BCUT2D eigenvalue weighted by atomic mass is 9.87. The molecule has 1 aliphatic heterocycles. The van der Waals surface area contributed by atoms with Crippen molar-refractivity contribution in [2.75, 3.05) is 6.61 Å². The van der Waals surface area contributed by atoms with Crippen molar-refractivity contribution in [1.29, 1.82) is 0 Å². The molecule has 0 bridgehead atoms. The van der Waals surface area contributed by atoms with Crippen molar-refractivity contribution in [2.24, 2.45) is 0 Å². The average molecular weight is 445 g/mol. The number of carbonyl (C=O) groups is 1. The molecule has 1 heterocycles. The molecule has 4 rings (SSSR count). The number of phenolic OH excluding ortho intramolecular Hbond substituents is 1. The third-order valence-corrected chi connectivity index (χ3v) is 5.40. The average Bonchev–Trinajstić information content (AvgIpc) is 2.81. The maximum Gasteiger partial charge on any atom is 0.320 e. The number of nitrogens with zero attached hydrogens (tertiary/aromatic N) is 1. The minimum absolute atomic E-state index is 0.0148. The summed E-state index contributed by atoms with van der Waals surface area (Å²) >= 11 is 0. The van der Waals surface area contributed by atoms with Gasteiger partial charge in [-0.05, 0) is 36.6 Å². The Kier molecular flexibility index (Phi) is 5.99. The Morgan fingerprint density at radius 3 is 2.39 bits per heavy atom. The smallest absolute Gasteiger partial charge is 0.320 e. The number of nitro benzene ring substituents is 1. The second-order valence-electron chi connectivity index (χ2n) is 7.63. The zero-order valence-corrected chi connectivity index (χ0v) is 18.2. The summed E-state index contributed by atoms with van der Waals surface area (Å²) < 4.78 is 5.46. The third-order valence-electron chi connectivity index (χ3n) is 5.40. The number of carbonyl (C=O) groups excluding carboxylic acids is 1. The molecule has 0 saturated heterocycles. The molecule has 0 fully saturated rings. The van der Waals surface area contributed by atoms with Crippen molar-refractivity contribution in [3.63, 3.8) is 0 Å². The molecule has 8 heteroatoms. The fourth-order valence-corrected chi connectivity index (χ4v) is 3.88. The number of phenols is 1. The lowest BCUT2D eigenvalue weighted by Gasteiger charge is -2.31. The van der Waals surface area contributed by atoms with Gasteiger partial charge in [-0.15, -0.1) is 0 Å². The number of urea groups is 1. The topological polar surface area (TPSA) is 114 Å². The SMILES string of the molecule is CCOc1cc(C2NC(=O)NC(c3ccccc3)=C2c2ccc(C)cc2)cc([N+](=O)[O-])c1O. The van der Waals surface area contributed by atoms with Crippen molar-refractivity contribution in [2.45, 2.75) is 19.9 Å². The summed E-state index contributed by atoms with van der Waals surface area (Å²) in [5, 5.41) is 27.7. The Morgan fingerprint density at radius 1 is 1.06 bits per heavy atom. The lowest BCUT2D eigenvalue weighted by Crippen LogP contribution is -2.43. The third kappa shape index (κ3) is 4.36. The van der Waals surface area contributed by atoms with E-state index in [4.69, 9.17) is 4.74 Å². The maximum absolute atomic E-state index is 12.7. The highest BCUT2D eigenvalue weighted by molar-refractivity contribution is 6.03. The number of hydrogen-bond acceptors (Lipinski definition) is 5. The van der Waals surface area contributed by atoms with Crippen LogP contribution in [0.1, 0.15) is 35.2 Å². The number of benzene rings is 3. The number of ether oxygens (including phenoxy) is 1. The number of rotatable bonds is 6. The molecule has 33 heavy (non-hydrogen) atoms. The summed E-state index contributed by atoms with van der Waals surface area (Å²) in [7, 11) is 0. The first-order chi connectivity index (χ1) is 15.9. The molecule has 8 nitrogen and oxygen atoms in total. The molecular formula is C25H23N3O5. The van der Waals surface area contributed by atoms with E-state index in [2.05, 4.69) is 10.6 Å². The summed E-state index contributed by atoms with van der Waals surface area (Å²) in [6, 6.07) is 18.8. The normalized spacial score (nSPS) is 15.6. The molecule has 1 atom stereocenters. The molecule has 0 radical (unpaired) electrons. The molecule has 2 amide bonds. The standard InChI is InChI=1S/C25H23N3O5/c1-3-33-20-14-18(13-19(24(20)29)28(31)32)23-21(16-11-9-15(2)10-12-16)22(26-25(30)27-23)17-7-5-4-6-8-17/h4-14,23,29H,3H2,1-2H3,(H2,26,27,30). The molecule has 0 saturated carbocycles. The largest absolute Gasteiger partial charge is 0.500 e. The minimum Gasteiger partial charge on any atom is -0.500 e. The molecule has 3 aromatic rings. The second-order valence-corrected chi connectivity index (χ2v) is 7.63. The first-order valence-electron chi connectivity index (χ1n) is 10.5. The van der Waals surface area contributed by atoms with Crippen molar-refractivity contribution in [1.82, 2.24) is 10.6 Å². The van der Waals surface area contributed by atoms with Gasteiger partial charge < -0.3 is 20.5 Å². The highest BCUT2D eigenvalue weighted by Crippen LogP contribution is 2.44. The number of aromatic hydroxyl groups is 1. The van der Waals surface area contributed by atoms with Gasteiger partial charge in [0.1, 0.15) is 0 Å². The van der Waals surface area contributed by atoms with Crippen LogP contribution in [-0.4, -0.2) is 22.7 Å². The van der Waals surface area contributed by atoms with Gasteiger partial charge in [-0.25, -0.2) is 4.79 Å². The van der Waals surface area contributed by atoms with Gasteiger partial charge in [0.15, 0.2) is 5.75 Å². The van der Waals surface area contributed by atoms with Crippen LogP contribution < -0.4 is 15.4 Å². The highest BCUT2D eigenvalue weighted by atomic mass is 16.6. The molecule has 0 spiro atoms. The molecule has 0 aliphatic carbocycles. The summed E-state index contributed by atoms with van der Waals surface area (Å²) in [5.41, 5.74) is 3.97. The Labute approximate surface area is 190 Å². The van der Waals surface area contributed by atoms with Gasteiger partial charge in [-0.1, -0.05) is 60.2 Å². The summed E-state index contributed by atoms with van der Waals surface area (Å²) in [4.78, 5) is 23.6. The molecule has 3 aromatic carbocycles. The Balaban J connectivity index is 1.99. The lowest BCUT2D eigenvalue weighted by molar-refractivity contribution is -0.386. The summed E-state index contributed by atoms with van der Waals surface area (Å²) in [6.07, 6.45) is 0. The summed E-state index contributed by atoms with van der Waals surface area (Å²) in [5.74, 6) is -0.561. The number of hydrogen-bond donors (Lipinski definition) is 3. The molecule has 1 unspecified atom stereocenters. The van der Waals surface area contributed by atoms with Gasteiger partial charge >= 0.3 is 11.7 Å². The molecule has 168 valence electrons. The fraction of sp³-hybridized carbons (Fsp3) is 0.160. The van der Waals surface area contributed by atoms with Gasteiger partial charge in [0.2, 0.25) is 5.75 Å². The molecule has 0 aromatic heterocycles. The molecule has 1 aliphatic rings. The van der Waals surface area contributed by atoms with E-state index >= 15 is 0 Å². The highest BCUT2D eigenvalue weighted by Gasteiger charge is 2.32. The first kappa shape index (κ1) is 21.9. The van der Waals surface area contributed by atoms with Gasteiger partial charge in [0.25, 0.3) is 0 Å². The summed E-state index contributed by atoms with van der Waals surface area (Å²) in [6.45, 7) is 3.91. The van der Waals surface area contributed by atoms with E-state index < -0.39 is 28.4 Å². The van der Waals surface area contributed by atoms with Crippen molar-refractivity contribution in [3.05, 3.63) is 99.1 Å². The minimum atomic E-state index is -0.727. The van der Waals surface area contributed by atoms with Crippen LogP contribution in [0.2, 0.25) is 0 Å². The van der Waals surface area contributed by atoms with Crippen molar-refractivity contribution < 1.29 is 19.6 Å². The Morgan fingerprint density at radius 2 is 1.76 bits per heavy atom. The number of nitrogens with one attached hydrogen (secondary N) is 2. The predicted octanol–water partition coefficient (Wildman–Crippen LogP) is 4.93. The second kappa shape index (κ2) is 9.04. The number of nitro groups is 1. The fourth-order valence-electron chi connectivity index (χ4n) is 3.88. The number of aryl methyl sites for hydroxylation is 1. The van der Waals surface area contributed by atoms with Crippen LogP contribution in [0.4, 0.5) is 10.5 Å².